The second-order valence-electron chi connectivity index (χ2n) is 4.28. The van der Waals surface area contributed by atoms with Crippen LogP contribution in [0.1, 0.15) is 0 Å². The fourth-order valence-corrected chi connectivity index (χ4v) is 5.29. The lowest BCUT2D eigenvalue weighted by Crippen LogP contribution is -2.57. The monoisotopic (exact) mass is 216 g/mol. The van der Waals surface area contributed by atoms with Crippen LogP contribution >= 0.6 is 0 Å². The summed E-state index contributed by atoms with van der Waals surface area (Å²) in [5.74, 6) is 0. The fraction of sp³-hybridized carbons (Fsp3) is 0.500. The van der Waals surface area contributed by atoms with Crippen molar-refractivity contribution in [1.29, 1.82) is 0 Å². The molecule has 1 heterocycles. The highest BCUT2D eigenvalue weighted by molar-refractivity contribution is 6.92. The van der Waals surface area contributed by atoms with Crippen molar-refractivity contribution in [3.8, 4) is 0 Å². The van der Waals surface area contributed by atoms with Gasteiger partial charge in [0.05, 0.1) is 6.26 Å². The highest BCUT2D eigenvalue weighted by Crippen LogP contribution is 2.03. The molecule has 74 valence electrons. The lowest BCUT2D eigenvalue weighted by molar-refractivity contribution is 0.528. The molecule has 1 aromatic rings. The molecule has 0 bridgehead atoms. The van der Waals surface area contributed by atoms with Crippen LogP contribution in [-0.2, 0) is 0 Å². The van der Waals surface area contributed by atoms with Crippen molar-refractivity contribution in [3.05, 3.63) is 12.3 Å². The predicted molar refractivity (Wildman–Crippen MR) is 57.4 cm³/mol. The van der Waals surface area contributed by atoms with Gasteiger partial charge in [0.2, 0.25) is 8.32 Å². The minimum absolute atomic E-state index is 0.617. The maximum Gasteiger partial charge on any atom is 0.254 e. The van der Waals surface area contributed by atoms with Crippen LogP contribution in [-0.4, -0.2) is 26.2 Å². The molecule has 0 fully saturated rings. The SMILES string of the molecule is C[Si](C)(O)c1ccoc1[Si](C)(C)O. The number of furan rings is 1. The lowest BCUT2D eigenvalue weighted by Gasteiger charge is -2.19. The van der Waals surface area contributed by atoms with Gasteiger partial charge in [0, 0.05) is 5.19 Å². The zero-order valence-electron chi connectivity index (χ0n) is 8.46. The Morgan fingerprint density at radius 2 is 1.62 bits per heavy atom. The van der Waals surface area contributed by atoms with Gasteiger partial charge in [0.25, 0.3) is 8.32 Å². The topological polar surface area (TPSA) is 53.6 Å². The van der Waals surface area contributed by atoms with Gasteiger partial charge >= 0.3 is 0 Å². The van der Waals surface area contributed by atoms with Crippen LogP contribution in [0.3, 0.4) is 0 Å². The predicted octanol–water partition coefficient (Wildman–Crippen LogP) is 0.0884. The zero-order valence-corrected chi connectivity index (χ0v) is 10.5. The summed E-state index contributed by atoms with van der Waals surface area (Å²) in [7, 11) is -4.78. The summed E-state index contributed by atoms with van der Waals surface area (Å²) in [5, 5.41) is 1.44. The molecule has 3 nitrogen and oxygen atoms in total. The van der Waals surface area contributed by atoms with E-state index in [9.17, 15) is 9.59 Å². The zero-order chi connectivity index (χ0) is 10.3. The second-order valence-corrected chi connectivity index (χ2v) is 11.5. The van der Waals surface area contributed by atoms with E-state index < -0.39 is 16.6 Å². The molecular formula is C8H16O3Si2. The molecule has 1 aromatic heterocycles. The average Bonchev–Trinajstić information content (AvgIpc) is 2.27. The smallest absolute Gasteiger partial charge is 0.254 e. The Morgan fingerprint density at radius 3 is 1.92 bits per heavy atom. The minimum atomic E-state index is -2.43. The van der Waals surface area contributed by atoms with E-state index in [4.69, 9.17) is 4.42 Å². The molecule has 0 atom stereocenters. The van der Waals surface area contributed by atoms with Crippen molar-refractivity contribution in [2.24, 2.45) is 0 Å². The van der Waals surface area contributed by atoms with Crippen molar-refractivity contribution in [3.63, 3.8) is 0 Å². The first-order chi connectivity index (χ1) is 5.73. The van der Waals surface area contributed by atoms with Crippen molar-refractivity contribution < 1.29 is 14.0 Å². The van der Waals surface area contributed by atoms with Crippen LogP contribution in [0.2, 0.25) is 26.2 Å². The first kappa shape index (κ1) is 10.7. The van der Waals surface area contributed by atoms with Crippen molar-refractivity contribution in [2.45, 2.75) is 26.2 Å². The summed E-state index contributed by atoms with van der Waals surface area (Å²) in [6.45, 7) is 7.22. The van der Waals surface area contributed by atoms with E-state index in [0.29, 0.717) is 5.38 Å². The van der Waals surface area contributed by atoms with E-state index in [-0.39, 0.29) is 0 Å². The van der Waals surface area contributed by atoms with E-state index in [1.807, 2.05) is 13.1 Å². The van der Waals surface area contributed by atoms with Crippen LogP contribution in [0.15, 0.2) is 16.7 Å². The van der Waals surface area contributed by atoms with Gasteiger partial charge in [-0.3, -0.25) is 0 Å². The lowest BCUT2D eigenvalue weighted by atomic mass is 10.7. The maximum atomic E-state index is 9.91. The summed E-state index contributed by atoms with van der Waals surface area (Å²) in [5.41, 5.74) is 0. The third-order valence-corrected chi connectivity index (χ3v) is 5.34. The molecule has 0 aliphatic heterocycles. The van der Waals surface area contributed by atoms with Crippen molar-refractivity contribution >= 4 is 27.2 Å². The number of rotatable bonds is 2. The molecule has 2 N–H and O–H groups in total. The molecule has 0 unspecified atom stereocenters. The maximum absolute atomic E-state index is 9.91. The van der Waals surface area contributed by atoms with Crippen molar-refractivity contribution in [1.82, 2.24) is 0 Å². The second kappa shape index (κ2) is 3.09. The van der Waals surface area contributed by atoms with Gasteiger partial charge in [-0.25, -0.2) is 0 Å². The van der Waals surface area contributed by atoms with E-state index in [1.54, 1.807) is 25.4 Å². The van der Waals surface area contributed by atoms with Crippen LogP contribution in [0.25, 0.3) is 0 Å². The van der Waals surface area contributed by atoms with Gasteiger partial charge in [-0.05, 0) is 32.3 Å². The highest BCUT2D eigenvalue weighted by atomic mass is 28.4. The Kier molecular flexibility index (Phi) is 2.55. The Morgan fingerprint density at radius 1 is 1.08 bits per heavy atom. The first-order valence-corrected chi connectivity index (χ1v) is 10.2. The summed E-state index contributed by atoms with van der Waals surface area (Å²) in [6.07, 6.45) is 1.54. The fourth-order valence-electron chi connectivity index (χ4n) is 1.26. The van der Waals surface area contributed by atoms with Crippen LogP contribution < -0.4 is 10.6 Å². The minimum Gasteiger partial charge on any atom is -0.471 e. The number of hydrogen-bond acceptors (Lipinski definition) is 3. The van der Waals surface area contributed by atoms with Crippen LogP contribution in [0, 0.1) is 0 Å². The van der Waals surface area contributed by atoms with E-state index in [0.717, 1.165) is 5.19 Å². The van der Waals surface area contributed by atoms with Crippen LogP contribution in [0.5, 0.6) is 0 Å². The van der Waals surface area contributed by atoms with Gasteiger partial charge in [0.1, 0.15) is 5.38 Å². The van der Waals surface area contributed by atoms with Crippen LogP contribution in [0.4, 0.5) is 0 Å². The molecule has 13 heavy (non-hydrogen) atoms. The number of hydrogen-bond donors (Lipinski definition) is 2. The molecule has 0 amide bonds. The Balaban J connectivity index is 3.19. The van der Waals surface area contributed by atoms with E-state index in [2.05, 4.69) is 0 Å². The molecule has 0 spiro atoms. The normalized spacial score (nSPS) is 13.4. The molecule has 0 saturated heterocycles. The highest BCUT2D eigenvalue weighted by Gasteiger charge is 2.34. The summed E-state index contributed by atoms with van der Waals surface area (Å²) in [4.78, 5) is 19.8. The third kappa shape index (κ3) is 2.31. The summed E-state index contributed by atoms with van der Waals surface area (Å²) in [6, 6.07) is 1.77. The molecule has 0 radical (unpaired) electrons. The van der Waals surface area contributed by atoms with Gasteiger partial charge < -0.3 is 14.0 Å². The molecule has 5 heteroatoms. The Bertz CT molecular complexity index is 265. The van der Waals surface area contributed by atoms with E-state index >= 15 is 0 Å². The van der Waals surface area contributed by atoms with Gasteiger partial charge in [-0.15, -0.1) is 0 Å². The average molecular weight is 216 g/mol. The van der Waals surface area contributed by atoms with Gasteiger partial charge in [-0.1, -0.05) is 0 Å². The Labute approximate surface area is 80.3 Å². The molecular weight excluding hydrogens is 200 g/mol. The van der Waals surface area contributed by atoms with Crippen molar-refractivity contribution in [2.75, 3.05) is 0 Å². The quantitative estimate of drug-likeness (QED) is 0.689. The molecule has 1 rings (SSSR count). The largest absolute Gasteiger partial charge is 0.471 e. The standard InChI is InChI=1S/C8H16O3Si2/c1-12(2,9)7-5-6-11-8(7)13(3,4)10/h5-6,9-10H,1-4H3. The molecule has 0 saturated carbocycles. The third-order valence-electron chi connectivity index (χ3n) is 1.88. The van der Waals surface area contributed by atoms with E-state index in [1.165, 1.54) is 0 Å². The van der Waals surface area contributed by atoms with Gasteiger partial charge in [0.15, 0.2) is 0 Å². The first-order valence-electron chi connectivity index (χ1n) is 4.26. The Hall–Kier alpha value is -0.366. The summed E-state index contributed by atoms with van der Waals surface area (Å²) < 4.78 is 5.24. The summed E-state index contributed by atoms with van der Waals surface area (Å²) >= 11 is 0. The molecule has 0 aliphatic rings. The molecule has 0 aromatic carbocycles. The molecule has 0 aliphatic carbocycles. The van der Waals surface area contributed by atoms with Gasteiger partial charge in [-0.2, -0.15) is 0 Å².